The van der Waals surface area contributed by atoms with Crippen molar-refractivity contribution in [3.05, 3.63) is 24.3 Å². The van der Waals surface area contributed by atoms with Crippen molar-refractivity contribution in [3.8, 4) is 11.5 Å². The summed E-state index contributed by atoms with van der Waals surface area (Å²) in [5.41, 5.74) is 1.33. The molecule has 0 bridgehead atoms. The van der Waals surface area contributed by atoms with Gasteiger partial charge in [0.2, 0.25) is 0 Å². The predicted octanol–water partition coefficient (Wildman–Crippen LogP) is 3.03. The molecular weight excluding hydrogens is 662 g/mol. The summed E-state index contributed by atoms with van der Waals surface area (Å²) in [7, 11) is 3.20. The number of ether oxygens (including phenoxy) is 8. The number of hydrogen-bond acceptors (Lipinski definition) is 12. The van der Waals surface area contributed by atoms with Crippen molar-refractivity contribution in [1.82, 2.24) is 5.64 Å². The second kappa shape index (κ2) is 9.96. The quantitative estimate of drug-likeness (QED) is 0.442. The van der Waals surface area contributed by atoms with E-state index in [-0.39, 0.29) is 39.5 Å². The lowest BCUT2D eigenvalue weighted by Gasteiger charge is -2.24. The van der Waals surface area contributed by atoms with Crippen LogP contribution in [0.5, 0.6) is 11.5 Å². The van der Waals surface area contributed by atoms with Crippen LogP contribution >= 0.6 is 31.9 Å². The number of fused-ring (bicyclic) bond motifs is 5. The molecule has 1 aromatic carbocycles. The molecule has 9 atom stereocenters. The summed E-state index contributed by atoms with van der Waals surface area (Å²) in [5.74, 6) is 0.280. The Morgan fingerprint density at radius 1 is 0.800 bits per heavy atom. The molecule has 6 fully saturated rings. The second-order valence-electron chi connectivity index (χ2n) is 11.7. The average molecular weight is 697 g/mol. The molecule has 2 saturated carbocycles. The molecule has 2 spiro atoms. The Bertz CT molecular complexity index is 1100. The van der Waals surface area contributed by atoms with E-state index in [4.69, 9.17) is 47.6 Å². The number of nitrogens with one attached hydrogen (secondary N) is 1. The molecule has 14 heteroatoms. The number of para-hydroxylation sites is 2. The van der Waals surface area contributed by atoms with Crippen molar-refractivity contribution < 1.29 is 52.7 Å². The first-order valence-corrected chi connectivity index (χ1v) is 14.7. The van der Waals surface area contributed by atoms with Crippen LogP contribution in [0.2, 0.25) is 0 Å². The lowest BCUT2D eigenvalue weighted by Crippen LogP contribution is -2.35. The number of aliphatic hydroxyl groups is 1. The highest BCUT2D eigenvalue weighted by atomic mass is 79.9. The van der Waals surface area contributed by atoms with Crippen LogP contribution in [0.4, 0.5) is 0 Å². The van der Waals surface area contributed by atoms with Gasteiger partial charge in [-0.25, -0.2) is 0 Å². The molecule has 12 nitrogen and oxygen atoms in total. The molecule has 8 rings (SSSR count). The minimum absolute atomic E-state index is 0.0915. The zero-order valence-electron chi connectivity index (χ0n) is 23.1. The van der Waals surface area contributed by atoms with Crippen LogP contribution in [0.1, 0.15) is 40.5 Å². The number of rotatable bonds is 2. The monoisotopic (exact) mass is 695 g/mol. The molecule has 1 aromatic rings. The van der Waals surface area contributed by atoms with Gasteiger partial charge in [0, 0.05) is 32.7 Å². The minimum atomic E-state index is -0.620. The van der Waals surface area contributed by atoms with Gasteiger partial charge in [0.05, 0.1) is 6.10 Å². The van der Waals surface area contributed by atoms with Gasteiger partial charge >= 0.3 is 0 Å². The summed E-state index contributed by atoms with van der Waals surface area (Å²) in [5, 5.41) is 9.63. The summed E-state index contributed by atoms with van der Waals surface area (Å²) < 4.78 is 45.1. The van der Waals surface area contributed by atoms with Crippen LogP contribution in [-0.2, 0) is 37.9 Å². The fraction of sp³-hybridized carbons (Fsp3) is 0.769. The van der Waals surface area contributed by atoms with Crippen molar-refractivity contribution >= 4 is 31.9 Å². The van der Waals surface area contributed by atoms with E-state index >= 15 is 0 Å². The number of halogens is 2. The number of hydrogen-bond donors (Lipinski definition) is 2. The Morgan fingerprint density at radius 2 is 1.27 bits per heavy atom. The van der Waals surface area contributed by atoms with Crippen LogP contribution in [0.15, 0.2) is 24.3 Å². The van der Waals surface area contributed by atoms with E-state index in [1.54, 1.807) is 14.2 Å². The Morgan fingerprint density at radius 3 is 1.75 bits per heavy atom. The fourth-order valence-corrected chi connectivity index (χ4v) is 7.37. The van der Waals surface area contributed by atoms with E-state index in [9.17, 15) is 5.11 Å². The first kappa shape index (κ1) is 29.5. The Labute approximate surface area is 249 Å². The van der Waals surface area contributed by atoms with Crippen molar-refractivity contribution in [1.29, 1.82) is 0 Å². The summed E-state index contributed by atoms with van der Waals surface area (Å²) >= 11 is 7.20. The molecule has 2 N–H and O–H groups in total. The van der Waals surface area contributed by atoms with Crippen LogP contribution in [0, 0.1) is 0 Å². The van der Waals surface area contributed by atoms with E-state index in [2.05, 4.69) is 37.5 Å². The molecule has 5 aliphatic heterocycles. The highest BCUT2D eigenvalue weighted by Crippen LogP contribution is 2.69. The summed E-state index contributed by atoms with van der Waals surface area (Å²) in [6.45, 7) is 7.55. The SMILES string of the molecule is CO[C@@H]1O[C@]2(CC2(Br)Br)C2OC(C)(C)O[C@@H]21.CO[C@@H]1O[C@]2(C[C@@H]2O)C2OC(C)(C)O[C@@H]21.c1ccc2c(c1)ONO2. The largest absolute Gasteiger partial charge is 0.390 e. The topological polar surface area (TPSA) is 125 Å². The van der Waals surface area contributed by atoms with Crippen LogP contribution in [0.25, 0.3) is 0 Å². The molecule has 0 aromatic heterocycles. The zero-order chi connectivity index (χ0) is 28.7. The normalized spacial score (nSPS) is 44.9. The maximum absolute atomic E-state index is 9.63. The third-order valence-electron chi connectivity index (χ3n) is 7.91. The number of alkyl halides is 2. The minimum Gasteiger partial charge on any atom is -0.390 e. The summed E-state index contributed by atoms with van der Waals surface area (Å²) in [6, 6.07) is 7.43. The third kappa shape index (κ3) is 4.91. The van der Waals surface area contributed by atoms with Gasteiger partial charge in [0.25, 0.3) is 0 Å². The van der Waals surface area contributed by atoms with Crippen molar-refractivity contribution in [2.75, 3.05) is 14.2 Å². The van der Waals surface area contributed by atoms with E-state index in [0.29, 0.717) is 6.42 Å². The van der Waals surface area contributed by atoms with Crippen LogP contribution in [-0.4, -0.2) is 88.4 Å². The molecule has 0 amide bonds. The highest BCUT2D eigenvalue weighted by Gasteiger charge is 2.80. The molecule has 0 radical (unpaired) electrons. The maximum atomic E-state index is 9.63. The van der Waals surface area contributed by atoms with Crippen molar-refractivity contribution in [3.63, 3.8) is 0 Å². The van der Waals surface area contributed by atoms with Gasteiger partial charge in [0.1, 0.15) is 38.9 Å². The molecule has 2 aliphatic carbocycles. The molecule has 2 unspecified atom stereocenters. The van der Waals surface area contributed by atoms with Crippen molar-refractivity contribution in [2.24, 2.45) is 0 Å². The Hall–Kier alpha value is -0.620. The number of aliphatic hydroxyl groups excluding tert-OH is 1. The van der Waals surface area contributed by atoms with Gasteiger partial charge in [-0.2, -0.15) is 0 Å². The zero-order valence-corrected chi connectivity index (χ0v) is 26.2. The average Bonchev–Trinajstić information content (AvgIpc) is 3.30. The van der Waals surface area contributed by atoms with Gasteiger partial charge in [-0.1, -0.05) is 44.0 Å². The van der Waals surface area contributed by atoms with Gasteiger partial charge in [-0.05, 0) is 39.8 Å². The second-order valence-corrected chi connectivity index (χ2v) is 15.4. The van der Waals surface area contributed by atoms with Gasteiger partial charge in [-0.15, -0.1) is 0 Å². The lowest BCUT2D eigenvalue weighted by atomic mass is 10.1. The summed E-state index contributed by atoms with van der Waals surface area (Å²) in [6.07, 6.45) is -0.494. The number of benzene rings is 1. The first-order valence-electron chi connectivity index (χ1n) is 13.1. The molecular formula is C26H35Br2NO11. The van der Waals surface area contributed by atoms with E-state index in [1.807, 2.05) is 52.0 Å². The third-order valence-corrected chi connectivity index (χ3v) is 9.81. The standard InChI is InChI=1S/C10H14Br2O4.C10H16O5.C6H5NO2/c1-8(2)14-5-6(15-8)9(4-10(9,11)12)16-7(5)13-3;1-9(2)13-6-7(14-9)10(4-5(10)11)15-8(6)12-3;1-2-4-6-5(3-1)8-7-9-6/h5-7H,4H2,1-3H3;5-8,11H,4H2,1-3H3;1-4,7H/t5-,6?,7+,9+;5-,6-,7?,8+,10-;/m00./s1. The Balaban J connectivity index is 0.000000113. The van der Waals surface area contributed by atoms with Crippen LogP contribution in [0.3, 0.4) is 0 Å². The first-order chi connectivity index (χ1) is 18.8. The Kier molecular flexibility index (Phi) is 7.33. The predicted molar refractivity (Wildman–Crippen MR) is 144 cm³/mol. The van der Waals surface area contributed by atoms with Gasteiger partial charge in [-0.3, -0.25) is 0 Å². The van der Waals surface area contributed by atoms with Gasteiger partial charge in [0.15, 0.2) is 35.7 Å². The molecule has 224 valence electrons. The lowest BCUT2D eigenvalue weighted by molar-refractivity contribution is -0.236. The molecule has 4 saturated heterocycles. The highest BCUT2D eigenvalue weighted by molar-refractivity contribution is 9.25. The van der Waals surface area contributed by atoms with E-state index < -0.39 is 29.6 Å². The molecule has 7 aliphatic rings. The molecule has 40 heavy (non-hydrogen) atoms. The van der Waals surface area contributed by atoms with E-state index in [0.717, 1.165) is 17.9 Å². The van der Waals surface area contributed by atoms with Gasteiger partial charge < -0.3 is 52.7 Å². The number of methoxy groups -OCH3 is 2. The van der Waals surface area contributed by atoms with Crippen LogP contribution < -0.4 is 15.3 Å². The van der Waals surface area contributed by atoms with E-state index in [1.165, 1.54) is 0 Å². The molecule has 5 heterocycles. The fourth-order valence-electron chi connectivity index (χ4n) is 5.90. The smallest absolute Gasteiger partial charge is 0.195 e. The maximum Gasteiger partial charge on any atom is 0.195 e. The van der Waals surface area contributed by atoms with Crippen molar-refractivity contribution in [2.45, 2.75) is 110 Å². The summed E-state index contributed by atoms with van der Waals surface area (Å²) in [4.78, 5) is 9.65.